The molecule has 6 heteroatoms. The average Bonchev–Trinajstić information content (AvgIpc) is 2.02. The molecule has 69 valence electrons. The van der Waals surface area contributed by atoms with Crippen molar-refractivity contribution in [1.29, 1.82) is 0 Å². The standard InChI is InChI=1S/C8H7NO4.Na/c1-5-3-2-4-6(8(10)11)7(5)9(12)13;/h2-4H,1H3,(H,10,11);. The summed E-state index contributed by atoms with van der Waals surface area (Å²) in [5.41, 5.74) is -0.259. The molecule has 0 heterocycles. The summed E-state index contributed by atoms with van der Waals surface area (Å²) in [6.07, 6.45) is 0. The van der Waals surface area contributed by atoms with Gasteiger partial charge in [-0.15, -0.1) is 0 Å². The molecular weight excluding hydrogens is 197 g/mol. The van der Waals surface area contributed by atoms with Gasteiger partial charge in [-0.05, 0) is 13.0 Å². The Labute approximate surface area is 102 Å². The van der Waals surface area contributed by atoms with Gasteiger partial charge < -0.3 is 5.11 Å². The van der Waals surface area contributed by atoms with Crippen LogP contribution in [0.15, 0.2) is 18.2 Å². The molecule has 0 fully saturated rings. The molecule has 5 nitrogen and oxygen atoms in total. The number of aryl methyl sites for hydroxylation is 1. The SMILES string of the molecule is Cc1cccc(C(=O)O)c1[N+](=O)[O-].[Na]. The van der Waals surface area contributed by atoms with Crippen molar-refractivity contribution >= 4 is 41.2 Å². The first-order valence-corrected chi connectivity index (χ1v) is 3.51. The van der Waals surface area contributed by atoms with Crippen LogP contribution >= 0.6 is 0 Å². The Kier molecular flexibility index (Phi) is 4.76. The van der Waals surface area contributed by atoms with Gasteiger partial charge in [-0.1, -0.05) is 12.1 Å². The van der Waals surface area contributed by atoms with Gasteiger partial charge >= 0.3 is 5.97 Å². The van der Waals surface area contributed by atoms with Gasteiger partial charge in [-0.3, -0.25) is 10.1 Å². The largest absolute Gasteiger partial charge is 0.477 e. The molecule has 1 rings (SSSR count). The molecule has 0 unspecified atom stereocenters. The fraction of sp³-hybridized carbons (Fsp3) is 0.125. The van der Waals surface area contributed by atoms with E-state index in [1.165, 1.54) is 25.1 Å². The monoisotopic (exact) mass is 204 g/mol. The fourth-order valence-electron chi connectivity index (χ4n) is 1.07. The van der Waals surface area contributed by atoms with Gasteiger partial charge in [0.05, 0.1) is 4.92 Å². The third-order valence-electron chi connectivity index (χ3n) is 1.65. The molecule has 0 amide bonds. The van der Waals surface area contributed by atoms with Crippen LogP contribution in [0.2, 0.25) is 0 Å². The Morgan fingerprint density at radius 2 is 2.07 bits per heavy atom. The molecule has 1 radical (unpaired) electrons. The zero-order valence-corrected chi connectivity index (χ0v) is 9.85. The number of nitrogens with zero attached hydrogens (tertiary/aromatic N) is 1. The van der Waals surface area contributed by atoms with E-state index in [9.17, 15) is 14.9 Å². The van der Waals surface area contributed by atoms with Crippen molar-refractivity contribution in [3.63, 3.8) is 0 Å². The second-order valence-electron chi connectivity index (χ2n) is 2.53. The van der Waals surface area contributed by atoms with Crippen molar-refractivity contribution in [2.24, 2.45) is 0 Å². The van der Waals surface area contributed by atoms with Crippen LogP contribution in [0.5, 0.6) is 0 Å². The number of carboxylic acid groups (broad SMARTS) is 1. The molecule has 1 N–H and O–H groups in total. The Morgan fingerprint density at radius 1 is 1.50 bits per heavy atom. The normalized spacial score (nSPS) is 8.93. The number of aromatic carboxylic acids is 1. The van der Waals surface area contributed by atoms with Crippen LogP contribution in [0.3, 0.4) is 0 Å². The number of nitro groups is 1. The Hall–Kier alpha value is -0.910. The predicted molar refractivity (Wildman–Crippen MR) is 50.5 cm³/mol. The summed E-state index contributed by atoms with van der Waals surface area (Å²) in [6, 6.07) is 4.20. The van der Waals surface area contributed by atoms with E-state index < -0.39 is 10.9 Å². The van der Waals surface area contributed by atoms with Gasteiger partial charge in [0, 0.05) is 35.1 Å². The number of carbonyl (C=O) groups is 1. The van der Waals surface area contributed by atoms with Crippen LogP contribution in [-0.2, 0) is 0 Å². The summed E-state index contributed by atoms with van der Waals surface area (Å²) in [5.74, 6) is -1.28. The van der Waals surface area contributed by atoms with Crippen molar-refractivity contribution in [3.8, 4) is 0 Å². The van der Waals surface area contributed by atoms with Crippen molar-refractivity contribution < 1.29 is 14.8 Å². The van der Waals surface area contributed by atoms with E-state index in [1.807, 2.05) is 0 Å². The molecule has 1 aromatic carbocycles. The average molecular weight is 204 g/mol. The smallest absolute Gasteiger partial charge is 0.342 e. The molecule has 0 spiro atoms. The van der Waals surface area contributed by atoms with Crippen LogP contribution in [0.4, 0.5) is 5.69 Å². The zero-order chi connectivity index (χ0) is 10.0. The van der Waals surface area contributed by atoms with Crippen molar-refractivity contribution in [2.75, 3.05) is 0 Å². The first-order chi connectivity index (χ1) is 6.04. The molecule has 0 saturated carbocycles. The summed E-state index contributed by atoms with van der Waals surface area (Å²) in [7, 11) is 0. The molecule has 0 aliphatic rings. The fourth-order valence-corrected chi connectivity index (χ4v) is 1.07. The molecular formula is C8H7NNaO4. The molecule has 14 heavy (non-hydrogen) atoms. The van der Waals surface area contributed by atoms with E-state index >= 15 is 0 Å². The number of carboxylic acids is 1. The summed E-state index contributed by atoms with van der Waals surface area (Å²) in [5, 5.41) is 19.1. The molecule has 0 aliphatic carbocycles. The molecule has 0 aliphatic heterocycles. The molecule has 0 saturated heterocycles. The van der Waals surface area contributed by atoms with Crippen LogP contribution in [0.25, 0.3) is 0 Å². The molecule has 0 atom stereocenters. The van der Waals surface area contributed by atoms with Gasteiger partial charge in [-0.25, -0.2) is 4.79 Å². The quantitative estimate of drug-likeness (QED) is 0.446. The Bertz CT molecular complexity index is 378. The van der Waals surface area contributed by atoms with Crippen LogP contribution in [0.1, 0.15) is 15.9 Å². The number of nitro benzene ring substituents is 1. The minimum absolute atomic E-state index is 0. The van der Waals surface area contributed by atoms with E-state index in [2.05, 4.69) is 0 Å². The van der Waals surface area contributed by atoms with Crippen molar-refractivity contribution in [3.05, 3.63) is 39.4 Å². The van der Waals surface area contributed by atoms with E-state index in [1.54, 1.807) is 0 Å². The van der Waals surface area contributed by atoms with Crippen molar-refractivity contribution in [1.82, 2.24) is 0 Å². The third-order valence-corrected chi connectivity index (χ3v) is 1.65. The first-order valence-electron chi connectivity index (χ1n) is 3.51. The van der Waals surface area contributed by atoms with Gasteiger partial charge in [0.1, 0.15) is 5.56 Å². The van der Waals surface area contributed by atoms with Gasteiger partial charge in [0.15, 0.2) is 0 Å². The number of benzene rings is 1. The molecule has 0 aromatic heterocycles. The Balaban J connectivity index is 0.00000169. The summed E-state index contributed by atoms with van der Waals surface area (Å²) < 4.78 is 0. The van der Waals surface area contributed by atoms with E-state index in [4.69, 9.17) is 5.11 Å². The van der Waals surface area contributed by atoms with Crippen LogP contribution in [-0.4, -0.2) is 45.6 Å². The van der Waals surface area contributed by atoms with Crippen LogP contribution in [0, 0.1) is 17.0 Å². The minimum atomic E-state index is -1.28. The third kappa shape index (κ3) is 2.54. The van der Waals surface area contributed by atoms with E-state index in [0.717, 1.165) is 0 Å². The second kappa shape index (κ2) is 5.09. The maximum absolute atomic E-state index is 10.6. The number of para-hydroxylation sites is 1. The molecule has 0 bridgehead atoms. The first kappa shape index (κ1) is 13.1. The predicted octanol–water partition coefficient (Wildman–Crippen LogP) is 1.22. The maximum atomic E-state index is 10.6. The van der Waals surface area contributed by atoms with Crippen LogP contribution < -0.4 is 0 Å². The zero-order valence-electron chi connectivity index (χ0n) is 7.85. The second-order valence-corrected chi connectivity index (χ2v) is 2.53. The van der Waals surface area contributed by atoms with Gasteiger partial charge in [-0.2, -0.15) is 0 Å². The number of hydrogen-bond acceptors (Lipinski definition) is 3. The van der Waals surface area contributed by atoms with Crippen molar-refractivity contribution in [2.45, 2.75) is 6.92 Å². The minimum Gasteiger partial charge on any atom is -0.477 e. The number of rotatable bonds is 2. The topological polar surface area (TPSA) is 80.4 Å². The van der Waals surface area contributed by atoms with Gasteiger partial charge in [0.2, 0.25) is 0 Å². The van der Waals surface area contributed by atoms with E-state index in [0.29, 0.717) is 5.56 Å². The Morgan fingerprint density at radius 3 is 2.43 bits per heavy atom. The summed E-state index contributed by atoms with van der Waals surface area (Å²) in [4.78, 5) is 20.4. The summed E-state index contributed by atoms with van der Waals surface area (Å²) in [6.45, 7) is 1.50. The maximum Gasteiger partial charge on any atom is 0.342 e. The summed E-state index contributed by atoms with van der Waals surface area (Å²) >= 11 is 0. The van der Waals surface area contributed by atoms with Gasteiger partial charge in [0.25, 0.3) is 5.69 Å². The number of hydrogen-bond donors (Lipinski definition) is 1. The molecule has 1 aromatic rings. The van der Waals surface area contributed by atoms with E-state index in [-0.39, 0.29) is 40.8 Å².